The summed E-state index contributed by atoms with van der Waals surface area (Å²) < 4.78 is 0. The first-order chi connectivity index (χ1) is 5.07. The zero-order valence-corrected chi connectivity index (χ0v) is 6.70. The molecule has 0 radical (unpaired) electrons. The Bertz CT molecular complexity index is 145. The lowest BCUT2D eigenvalue weighted by Gasteiger charge is -2.17. The van der Waals surface area contributed by atoms with Gasteiger partial charge in [-0.2, -0.15) is 0 Å². The maximum Gasteiger partial charge on any atom is 0.305 e. The van der Waals surface area contributed by atoms with Gasteiger partial charge in [0.25, 0.3) is 0 Å². The van der Waals surface area contributed by atoms with Crippen LogP contribution in [0.25, 0.3) is 0 Å². The Morgan fingerprint density at radius 3 is 2.45 bits per heavy atom. The summed E-state index contributed by atoms with van der Waals surface area (Å²) in [4.78, 5) is 20.2. The molecule has 0 heterocycles. The molecular weight excluding hydrogens is 146 g/mol. The van der Waals surface area contributed by atoms with Crippen molar-refractivity contribution in [3.8, 4) is 0 Å². The molecule has 2 N–H and O–H groups in total. The van der Waals surface area contributed by atoms with Crippen LogP contribution in [-0.4, -0.2) is 23.5 Å². The molecule has 4 heteroatoms. The van der Waals surface area contributed by atoms with E-state index in [1.165, 1.54) is 0 Å². The van der Waals surface area contributed by atoms with E-state index in [2.05, 4.69) is 5.32 Å². The molecule has 0 fully saturated rings. The molecule has 1 amide bonds. The molecule has 64 valence electrons. The van der Waals surface area contributed by atoms with Crippen molar-refractivity contribution in [2.75, 3.05) is 0 Å². The minimum atomic E-state index is -0.891. The van der Waals surface area contributed by atoms with E-state index in [0.29, 0.717) is 6.41 Å². The van der Waals surface area contributed by atoms with Crippen molar-refractivity contribution >= 4 is 12.4 Å². The average molecular weight is 159 g/mol. The number of amides is 1. The second-order valence-corrected chi connectivity index (χ2v) is 2.73. The van der Waals surface area contributed by atoms with Crippen LogP contribution in [0, 0.1) is 5.92 Å². The molecule has 0 unspecified atom stereocenters. The molecule has 1 atom stereocenters. The molecule has 0 aromatic heterocycles. The summed E-state index contributed by atoms with van der Waals surface area (Å²) in [5.74, 6) is -0.741. The zero-order valence-electron chi connectivity index (χ0n) is 6.70. The van der Waals surface area contributed by atoms with Gasteiger partial charge in [-0.05, 0) is 5.92 Å². The van der Waals surface area contributed by atoms with Crippen LogP contribution in [0.5, 0.6) is 0 Å². The Labute approximate surface area is 65.6 Å². The van der Waals surface area contributed by atoms with Gasteiger partial charge in [0.15, 0.2) is 0 Å². The Morgan fingerprint density at radius 1 is 1.64 bits per heavy atom. The fourth-order valence-electron chi connectivity index (χ4n) is 0.763. The number of carboxylic acid groups (broad SMARTS) is 1. The van der Waals surface area contributed by atoms with Crippen molar-refractivity contribution in [3.63, 3.8) is 0 Å². The third-order valence-electron chi connectivity index (χ3n) is 1.48. The maximum atomic E-state index is 10.2. The predicted octanol–water partition coefficient (Wildman–Crippen LogP) is 0.232. The van der Waals surface area contributed by atoms with Gasteiger partial charge >= 0.3 is 5.97 Å². The van der Waals surface area contributed by atoms with E-state index in [-0.39, 0.29) is 18.4 Å². The normalized spacial score (nSPS) is 12.6. The highest BCUT2D eigenvalue weighted by molar-refractivity contribution is 5.68. The molecule has 11 heavy (non-hydrogen) atoms. The van der Waals surface area contributed by atoms with Crippen LogP contribution in [0.3, 0.4) is 0 Å². The smallest absolute Gasteiger partial charge is 0.305 e. The fraction of sp³-hybridized carbons (Fsp3) is 0.714. The van der Waals surface area contributed by atoms with E-state index in [0.717, 1.165) is 0 Å². The van der Waals surface area contributed by atoms with Crippen LogP contribution in [0.15, 0.2) is 0 Å². The van der Waals surface area contributed by atoms with Crippen molar-refractivity contribution in [2.45, 2.75) is 26.3 Å². The van der Waals surface area contributed by atoms with Crippen LogP contribution in [-0.2, 0) is 9.59 Å². The molecule has 4 nitrogen and oxygen atoms in total. The molecule has 0 aromatic rings. The minimum absolute atomic E-state index is 0.0175. The van der Waals surface area contributed by atoms with Crippen molar-refractivity contribution in [1.29, 1.82) is 0 Å². The number of rotatable bonds is 5. The highest BCUT2D eigenvalue weighted by Crippen LogP contribution is 2.04. The highest BCUT2D eigenvalue weighted by atomic mass is 16.4. The summed E-state index contributed by atoms with van der Waals surface area (Å²) in [7, 11) is 0. The van der Waals surface area contributed by atoms with Gasteiger partial charge in [0.2, 0.25) is 6.41 Å². The van der Waals surface area contributed by atoms with E-state index in [1.54, 1.807) is 0 Å². The first-order valence-electron chi connectivity index (χ1n) is 3.49. The lowest BCUT2D eigenvalue weighted by atomic mass is 10.0. The highest BCUT2D eigenvalue weighted by Gasteiger charge is 2.15. The molecule has 0 spiro atoms. The summed E-state index contributed by atoms with van der Waals surface area (Å²) in [6, 6.07) is -0.259. The summed E-state index contributed by atoms with van der Waals surface area (Å²) in [6.45, 7) is 3.73. The van der Waals surface area contributed by atoms with Crippen molar-refractivity contribution in [2.24, 2.45) is 5.92 Å². The van der Waals surface area contributed by atoms with Crippen molar-refractivity contribution in [3.05, 3.63) is 0 Å². The summed E-state index contributed by atoms with van der Waals surface area (Å²) in [5, 5.41) is 10.9. The van der Waals surface area contributed by atoms with E-state index < -0.39 is 5.97 Å². The number of hydrogen-bond donors (Lipinski definition) is 2. The van der Waals surface area contributed by atoms with Crippen LogP contribution >= 0.6 is 0 Å². The van der Waals surface area contributed by atoms with E-state index in [4.69, 9.17) is 5.11 Å². The van der Waals surface area contributed by atoms with Crippen molar-refractivity contribution < 1.29 is 14.7 Å². The Balaban J connectivity index is 3.88. The van der Waals surface area contributed by atoms with Gasteiger partial charge in [-0.3, -0.25) is 9.59 Å². The molecule has 0 saturated heterocycles. The third-order valence-corrected chi connectivity index (χ3v) is 1.48. The lowest BCUT2D eigenvalue weighted by molar-refractivity contribution is -0.137. The second-order valence-electron chi connectivity index (χ2n) is 2.73. The number of nitrogens with one attached hydrogen (secondary N) is 1. The number of aliphatic carboxylic acids is 1. The second kappa shape index (κ2) is 4.71. The van der Waals surface area contributed by atoms with Crippen LogP contribution < -0.4 is 5.32 Å². The van der Waals surface area contributed by atoms with Crippen molar-refractivity contribution in [1.82, 2.24) is 5.32 Å². The minimum Gasteiger partial charge on any atom is -0.481 e. The van der Waals surface area contributed by atoms with Gasteiger partial charge in [-0.25, -0.2) is 0 Å². The molecule has 0 aliphatic carbocycles. The fourth-order valence-corrected chi connectivity index (χ4v) is 0.763. The topological polar surface area (TPSA) is 66.4 Å². The van der Waals surface area contributed by atoms with E-state index >= 15 is 0 Å². The zero-order chi connectivity index (χ0) is 8.85. The maximum absolute atomic E-state index is 10.2. The summed E-state index contributed by atoms with van der Waals surface area (Å²) >= 11 is 0. The van der Waals surface area contributed by atoms with Crippen LogP contribution in [0.4, 0.5) is 0 Å². The predicted molar refractivity (Wildman–Crippen MR) is 40.1 cm³/mol. The molecule has 0 aromatic carbocycles. The molecule has 0 bridgehead atoms. The third kappa shape index (κ3) is 4.36. The molecular formula is C7H13NO3. The SMILES string of the molecule is CC(C)[C@@H](CC(=O)O)NC=O. The lowest BCUT2D eigenvalue weighted by Crippen LogP contribution is -2.34. The van der Waals surface area contributed by atoms with E-state index in [9.17, 15) is 9.59 Å². The first kappa shape index (κ1) is 9.94. The van der Waals surface area contributed by atoms with Gasteiger partial charge in [-0.15, -0.1) is 0 Å². The van der Waals surface area contributed by atoms with E-state index in [1.807, 2.05) is 13.8 Å². The Hall–Kier alpha value is -1.06. The Kier molecular flexibility index (Phi) is 4.26. The van der Waals surface area contributed by atoms with Crippen LogP contribution in [0.2, 0.25) is 0 Å². The average Bonchev–Trinajstić information content (AvgIpc) is 1.86. The number of carbonyl (C=O) groups excluding carboxylic acids is 1. The number of hydrogen-bond acceptors (Lipinski definition) is 2. The monoisotopic (exact) mass is 159 g/mol. The Morgan fingerprint density at radius 2 is 2.18 bits per heavy atom. The molecule has 0 aliphatic rings. The van der Waals surface area contributed by atoms with Gasteiger partial charge in [0.1, 0.15) is 0 Å². The van der Waals surface area contributed by atoms with Gasteiger partial charge in [0.05, 0.1) is 6.42 Å². The quantitative estimate of drug-likeness (QED) is 0.564. The number of carboxylic acids is 1. The molecule has 0 saturated carbocycles. The van der Waals surface area contributed by atoms with Gasteiger partial charge in [-0.1, -0.05) is 13.8 Å². The summed E-state index contributed by atoms with van der Waals surface area (Å²) in [6.07, 6.45) is 0.518. The van der Waals surface area contributed by atoms with Gasteiger partial charge in [0, 0.05) is 6.04 Å². The first-order valence-corrected chi connectivity index (χ1v) is 3.49. The largest absolute Gasteiger partial charge is 0.481 e. The molecule has 0 rings (SSSR count). The summed E-state index contributed by atoms with van der Waals surface area (Å²) in [5.41, 5.74) is 0. The van der Waals surface area contributed by atoms with Crippen LogP contribution in [0.1, 0.15) is 20.3 Å². The molecule has 0 aliphatic heterocycles. The standard InChI is InChI=1S/C7H13NO3/c1-5(2)6(8-4-9)3-7(10)11/h4-6H,3H2,1-2H3,(H,8,9)(H,10,11)/t6-/m1/s1. The number of carbonyl (C=O) groups is 2. The van der Waals surface area contributed by atoms with Gasteiger partial charge < -0.3 is 10.4 Å².